The second-order valence-electron chi connectivity index (χ2n) is 7.36. The SMILES string of the molecule is CCOC(=O)O[C@H](CCCc1ccc(OCc2nc(-c3ccco3)oc2C)c(OC)c1)C(N)=O. The van der Waals surface area contributed by atoms with Gasteiger partial charge in [-0.2, -0.15) is 0 Å². The molecule has 0 unspecified atom stereocenters. The van der Waals surface area contributed by atoms with Gasteiger partial charge in [-0.15, -0.1) is 0 Å². The van der Waals surface area contributed by atoms with Crippen molar-refractivity contribution in [3.05, 3.63) is 53.6 Å². The molecule has 0 aliphatic heterocycles. The van der Waals surface area contributed by atoms with Gasteiger partial charge in [-0.25, -0.2) is 9.78 Å². The largest absolute Gasteiger partial charge is 0.509 e. The number of methoxy groups -OCH3 is 1. The zero-order valence-corrected chi connectivity index (χ0v) is 19.4. The molecule has 34 heavy (non-hydrogen) atoms. The van der Waals surface area contributed by atoms with E-state index in [1.165, 1.54) is 0 Å². The Balaban J connectivity index is 1.57. The second kappa shape index (κ2) is 11.8. The fraction of sp³-hybridized carbons (Fsp3) is 0.375. The second-order valence-corrected chi connectivity index (χ2v) is 7.36. The number of aromatic nitrogens is 1. The van der Waals surface area contributed by atoms with Gasteiger partial charge in [0.2, 0.25) is 0 Å². The highest BCUT2D eigenvalue weighted by Crippen LogP contribution is 2.30. The van der Waals surface area contributed by atoms with Crippen LogP contribution in [0, 0.1) is 6.92 Å². The molecule has 1 atom stereocenters. The lowest BCUT2D eigenvalue weighted by molar-refractivity contribution is -0.128. The van der Waals surface area contributed by atoms with Gasteiger partial charge < -0.3 is 33.5 Å². The number of nitrogens with two attached hydrogens (primary N) is 1. The summed E-state index contributed by atoms with van der Waals surface area (Å²) in [5.74, 6) is 1.96. The molecule has 0 radical (unpaired) electrons. The first kappa shape index (κ1) is 24.7. The molecule has 3 rings (SSSR count). The molecule has 0 saturated carbocycles. The third-order valence-electron chi connectivity index (χ3n) is 4.97. The number of primary amides is 1. The number of amides is 1. The van der Waals surface area contributed by atoms with Crippen LogP contribution in [0.25, 0.3) is 11.7 Å². The van der Waals surface area contributed by atoms with Crippen LogP contribution in [0.2, 0.25) is 0 Å². The predicted molar refractivity (Wildman–Crippen MR) is 120 cm³/mol. The molecule has 0 aliphatic carbocycles. The van der Waals surface area contributed by atoms with E-state index in [-0.39, 0.29) is 19.6 Å². The summed E-state index contributed by atoms with van der Waals surface area (Å²) in [5, 5.41) is 0. The Morgan fingerprint density at radius 2 is 2.03 bits per heavy atom. The van der Waals surface area contributed by atoms with Gasteiger partial charge in [0.25, 0.3) is 11.8 Å². The molecule has 10 nitrogen and oxygen atoms in total. The molecular formula is C24H28N2O8. The molecule has 0 aliphatic rings. The van der Waals surface area contributed by atoms with Crippen molar-refractivity contribution < 1.29 is 37.4 Å². The van der Waals surface area contributed by atoms with Crippen LogP contribution in [0.5, 0.6) is 11.5 Å². The maximum atomic E-state index is 11.5. The standard InChI is InChI=1S/C24H28N2O8/c1-4-30-24(28)34-19(22(25)27)8-5-7-16-10-11-18(21(13-16)29-3)32-14-17-15(2)33-23(26-17)20-9-6-12-31-20/h6,9-13,19H,4-5,7-8,14H2,1-3H3,(H2,25,27)/t19-/m1/s1. The average Bonchev–Trinajstić information content (AvgIpc) is 3.47. The number of carbonyl (C=O) groups excluding carboxylic acids is 2. The first-order valence-corrected chi connectivity index (χ1v) is 10.8. The molecule has 0 fully saturated rings. The zero-order chi connectivity index (χ0) is 24.5. The van der Waals surface area contributed by atoms with E-state index >= 15 is 0 Å². The number of carbonyl (C=O) groups is 2. The minimum absolute atomic E-state index is 0.153. The van der Waals surface area contributed by atoms with Crippen LogP contribution >= 0.6 is 0 Å². The molecule has 10 heteroatoms. The topological polar surface area (TPSA) is 136 Å². The van der Waals surface area contributed by atoms with E-state index in [1.807, 2.05) is 19.1 Å². The van der Waals surface area contributed by atoms with E-state index in [1.54, 1.807) is 38.5 Å². The summed E-state index contributed by atoms with van der Waals surface area (Å²) in [4.78, 5) is 27.4. The van der Waals surface area contributed by atoms with E-state index < -0.39 is 18.2 Å². The van der Waals surface area contributed by atoms with Crippen molar-refractivity contribution in [3.8, 4) is 23.1 Å². The smallest absolute Gasteiger partial charge is 0.493 e. The van der Waals surface area contributed by atoms with Gasteiger partial charge in [0.05, 0.1) is 20.0 Å². The number of hydrogen-bond acceptors (Lipinski definition) is 9. The van der Waals surface area contributed by atoms with Crippen molar-refractivity contribution in [2.24, 2.45) is 5.73 Å². The monoisotopic (exact) mass is 472 g/mol. The van der Waals surface area contributed by atoms with Gasteiger partial charge in [0, 0.05) is 0 Å². The van der Waals surface area contributed by atoms with Crippen molar-refractivity contribution in [3.63, 3.8) is 0 Å². The molecule has 1 aromatic carbocycles. The van der Waals surface area contributed by atoms with Crippen molar-refractivity contribution >= 4 is 12.1 Å². The zero-order valence-electron chi connectivity index (χ0n) is 19.4. The molecule has 2 aromatic heterocycles. The van der Waals surface area contributed by atoms with Gasteiger partial charge in [-0.05, 0) is 62.9 Å². The van der Waals surface area contributed by atoms with Crippen LogP contribution < -0.4 is 15.2 Å². The van der Waals surface area contributed by atoms with Crippen LogP contribution in [0.1, 0.15) is 36.8 Å². The first-order valence-electron chi connectivity index (χ1n) is 10.8. The summed E-state index contributed by atoms with van der Waals surface area (Å²) >= 11 is 0. The van der Waals surface area contributed by atoms with Gasteiger partial charge in [0.1, 0.15) is 18.1 Å². The molecule has 2 N–H and O–H groups in total. The normalized spacial score (nSPS) is 11.6. The van der Waals surface area contributed by atoms with Crippen LogP contribution in [0.4, 0.5) is 4.79 Å². The van der Waals surface area contributed by atoms with Crippen molar-refractivity contribution in [2.75, 3.05) is 13.7 Å². The quantitative estimate of drug-likeness (QED) is 0.385. The Bertz CT molecular complexity index is 1090. The number of nitrogens with zero attached hydrogens (tertiary/aromatic N) is 1. The van der Waals surface area contributed by atoms with Crippen molar-refractivity contribution in [2.45, 2.75) is 45.8 Å². The maximum Gasteiger partial charge on any atom is 0.509 e. The molecule has 0 bridgehead atoms. The Labute approximate surface area is 196 Å². The van der Waals surface area contributed by atoms with Crippen LogP contribution in [0.3, 0.4) is 0 Å². The Morgan fingerprint density at radius 3 is 2.71 bits per heavy atom. The highest BCUT2D eigenvalue weighted by Gasteiger charge is 2.21. The summed E-state index contributed by atoms with van der Waals surface area (Å²) in [7, 11) is 1.55. The molecule has 182 valence electrons. The summed E-state index contributed by atoms with van der Waals surface area (Å²) in [6, 6.07) is 9.08. The Hall–Kier alpha value is -3.95. The Morgan fingerprint density at radius 1 is 1.21 bits per heavy atom. The molecular weight excluding hydrogens is 444 g/mol. The highest BCUT2D eigenvalue weighted by atomic mass is 16.7. The van der Waals surface area contributed by atoms with E-state index in [2.05, 4.69) is 4.98 Å². The van der Waals surface area contributed by atoms with Gasteiger partial charge in [-0.1, -0.05) is 6.07 Å². The minimum Gasteiger partial charge on any atom is -0.493 e. The van der Waals surface area contributed by atoms with Gasteiger partial charge >= 0.3 is 6.16 Å². The Kier molecular flexibility index (Phi) is 8.55. The number of aryl methyl sites for hydroxylation is 2. The van der Waals surface area contributed by atoms with E-state index in [9.17, 15) is 9.59 Å². The molecule has 2 heterocycles. The molecule has 3 aromatic rings. The van der Waals surface area contributed by atoms with Crippen LogP contribution in [-0.4, -0.2) is 36.9 Å². The van der Waals surface area contributed by atoms with E-state index in [4.69, 9.17) is 33.5 Å². The van der Waals surface area contributed by atoms with Crippen molar-refractivity contribution in [1.82, 2.24) is 4.98 Å². The lowest BCUT2D eigenvalue weighted by Gasteiger charge is -2.15. The van der Waals surface area contributed by atoms with E-state index in [0.29, 0.717) is 47.4 Å². The van der Waals surface area contributed by atoms with Crippen molar-refractivity contribution in [1.29, 1.82) is 0 Å². The molecule has 0 saturated heterocycles. The van der Waals surface area contributed by atoms with Crippen LogP contribution in [0.15, 0.2) is 45.4 Å². The number of rotatable bonds is 12. The third-order valence-corrected chi connectivity index (χ3v) is 4.97. The average molecular weight is 472 g/mol. The number of benzene rings is 1. The summed E-state index contributed by atoms with van der Waals surface area (Å²) in [5.41, 5.74) is 6.93. The number of oxazole rings is 1. The highest BCUT2D eigenvalue weighted by molar-refractivity contribution is 5.80. The third kappa shape index (κ3) is 6.53. The molecule has 0 spiro atoms. The minimum atomic E-state index is -1.04. The van der Waals surface area contributed by atoms with Gasteiger partial charge in [-0.3, -0.25) is 4.79 Å². The maximum absolute atomic E-state index is 11.5. The fourth-order valence-corrected chi connectivity index (χ4v) is 3.22. The fourth-order valence-electron chi connectivity index (χ4n) is 3.22. The lowest BCUT2D eigenvalue weighted by Crippen LogP contribution is -2.33. The number of hydrogen-bond donors (Lipinski definition) is 1. The van der Waals surface area contributed by atoms with Crippen LogP contribution in [-0.2, 0) is 27.3 Å². The van der Waals surface area contributed by atoms with Gasteiger partial charge in [0.15, 0.2) is 23.4 Å². The number of ether oxygens (including phenoxy) is 4. The number of furan rings is 1. The summed E-state index contributed by atoms with van der Waals surface area (Å²) in [6.07, 6.45) is 1.05. The van der Waals surface area contributed by atoms with E-state index in [0.717, 1.165) is 5.56 Å². The predicted octanol–water partition coefficient (Wildman–Crippen LogP) is 4.18. The summed E-state index contributed by atoms with van der Waals surface area (Å²) in [6.45, 7) is 3.80. The molecule has 1 amide bonds. The lowest BCUT2D eigenvalue weighted by atomic mass is 10.0. The summed E-state index contributed by atoms with van der Waals surface area (Å²) < 4.78 is 32.0. The first-order chi connectivity index (χ1) is 16.4.